The molecule has 3 heterocycles. The standard InChI is InChI=1S/C29H41NO9/c1-2-37-29-23(7-5-11-31)24(25-21-38-26-8-4-3-6-22(25)26)20-27(39-29)28(32)30-9-12-33-14-16-35-18-19-36-17-15-34-13-10-30/h3-4,6,8,20-21,23-24,29,31H,2,5,7,9-19H2,1H3. The Balaban J connectivity index is 1.59. The van der Waals surface area contributed by atoms with Gasteiger partial charge in [0.15, 0.2) is 5.76 Å². The van der Waals surface area contributed by atoms with Gasteiger partial charge in [0.25, 0.3) is 5.91 Å². The first-order valence-electron chi connectivity index (χ1n) is 13.9. The van der Waals surface area contributed by atoms with Crippen molar-refractivity contribution in [2.45, 2.75) is 32.0 Å². The van der Waals surface area contributed by atoms with Gasteiger partial charge in [0, 0.05) is 49.1 Å². The van der Waals surface area contributed by atoms with Crippen molar-refractivity contribution in [3.8, 4) is 0 Å². The molecule has 1 amide bonds. The molecule has 0 radical (unpaired) electrons. The van der Waals surface area contributed by atoms with Crippen molar-refractivity contribution in [3.05, 3.63) is 47.9 Å². The second-order valence-corrected chi connectivity index (χ2v) is 9.46. The molecule has 216 valence electrons. The van der Waals surface area contributed by atoms with Gasteiger partial charge >= 0.3 is 0 Å². The van der Waals surface area contributed by atoms with E-state index in [2.05, 4.69) is 0 Å². The third-order valence-corrected chi connectivity index (χ3v) is 6.91. The van der Waals surface area contributed by atoms with Crippen LogP contribution in [0.1, 0.15) is 31.2 Å². The average molecular weight is 548 g/mol. The van der Waals surface area contributed by atoms with Crippen LogP contribution >= 0.6 is 0 Å². The summed E-state index contributed by atoms with van der Waals surface area (Å²) in [6.07, 6.45) is 4.25. The number of furan rings is 1. The summed E-state index contributed by atoms with van der Waals surface area (Å²) < 4.78 is 40.5. The van der Waals surface area contributed by atoms with Crippen LogP contribution in [0.4, 0.5) is 0 Å². The number of para-hydroxylation sites is 1. The minimum atomic E-state index is -0.644. The lowest BCUT2D eigenvalue weighted by Crippen LogP contribution is -2.42. The number of amides is 1. The summed E-state index contributed by atoms with van der Waals surface area (Å²) in [6, 6.07) is 7.85. The fourth-order valence-corrected chi connectivity index (χ4v) is 4.95. The Hall–Kier alpha value is -2.47. The van der Waals surface area contributed by atoms with Gasteiger partial charge in [0.2, 0.25) is 6.29 Å². The van der Waals surface area contributed by atoms with Crippen molar-refractivity contribution in [1.82, 2.24) is 4.90 Å². The van der Waals surface area contributed by atoms with Crippen molar-refractivity contribution < 1.29 is 42.7 Å². The van der Waals surface area contributed by atoms with Crippen LogP contribution in [-0.4, -0.2) is 101 Å². The Bertz CT molecular complexity index is 1020. The number of fused-ring (bicyclic) bond motifs is 1. The van der Waals surface area contributed by atoms with Crippen molar-refractivity contribution in [2.24, 2.45) is 5.92 Å². The average Bonchev–Trinajstić information content (AvgIpc) is 3.38. The number of carbonyl (C=O) groups excluding carboxylic acids is 1. The van der Waals surface area contributed by atoms with Crippen LogP contribution in [-0.2, 0) is 33.2 Å². The Labute approximate surface area is 229 Å². The van der Waals surface area contributed by atoms with Crippen molar-refractivity contribution in [1.29, 1.82) is 0 Å². The van der Waals surface area contributed by atoms with Gasteiger partial charge < -0.3 is 42.8 Å². The van der Waals surface area contributed by atoms with Gasteiger partial charge in [0.05, 0.1) is 59.1 Å². The minimum absolute atomic E-state index is 0.0631. The lowest BCUT2D eigenvalue weighted by Gasteiger charge is -2.37. The predicted octanol–water partition coefficient (Wildman–Crippen LogP) is 3.09. The van der Waals surface area contributed by atoms with Gasteiger partial charge in [-0.1, -0.05) is 18.2 Å². The molecule has 1 saturated heterocycles. The van der Waals surface area contributed by atoms with Gasteiger partial charge in [0.1, 0.15) is 5.58 Å². The summed E-state index contributed by atoms with van der Waals surface area (Å²) in [6.45, 7) is 6.70. The molecule has 3 unspecified atom stereocenters. The Morgan fingerprint density at radius 2 is 1.62 bits per heavy atom. The Kier molecular flexibility index (Phi) is 12.1. The summed E-state index contributed by atoms with van der Waals surface area (Å²) in [5.74, 6) is -0.324. The molecular weight excluding hydrogens is 506 g/mol. The first-order chi connectivity index (χ1) is 19.2. The maximum absolute atomic E-state index is 13.9. The van der Waals surface area contributed by atoms with E-state index in [-0.39, 0.29) is 30.1 Å². The molecule has 39 heavy (non-hydrogen) atoms. The number of ether oxygens (including phenoxy) is 6. The molecule has 0 spiro atoms. The molecule has 0 bridgehead atoms. The Morgan fingerprint density at radius 3 is 2.26 bits per heavy atom. The second-order valence-electron chi connectivity index (χ2n) is 9.46. The highest BCUT2D eigenvalue weighted by molar-refractivity contribution is 5.92. The normalized spacial score (nSPS) is 24.4. The zero-order valence-electron chi connectivity index (χ0n) is 22.8. The molecule has 4 rings (SSSR count). The molecule has 1 N–H and O–H groups in total. The van der Waals surface area contributed by atoms with E-state index in [1.807, 2.05) is 37.3 Å². The minimum Gasteiger partial charge on any atom is -0.464 e. The number of nitrogens with zero attached hydrogens (tertiary/aromatic N) is 1. The van der Waals surface area contributed by atoms with Crippen molar-refractivity contribution in [2.75, 3.05) is 79.2 Å². The molecule has 2 aliphatic rings. The molecule has 3 atom stereocenters. The maximum Gasteiger partial charge on any atom is 0.288 e. The number of aliphatic hydroxyl groups excluding tert-OH is 1. The second kappa shape index (κ2) is 16.0. The Morgan fingerprint density at radius 1 is 0.974 bits per heavy atom. The molecule has 1 aromatic heterocycles. The molecule has 0 saturated carbocycles. The topological polar surface area (TPSA) is 109 Å². The number of hydrogen-bond donors (Lipinski definition) is 1. The summed E-state index contributed by atoms with van der Waals surface area (Å²) in [7, 11) is 0. The number of allylic oxidation sites excluding steroid dienone is 1. The van der Waals surface area contributed by atoms with Crippen LogP contribution in [0.2, 0.25) is 0 Å². The largest absolute Gasteiger partial charge is 0.464 e. The molecule has 10 nitrogen and oxygen atoms in total. The highest BCUT2D eigenvalue weighted by atomic mass is 16.7. The van der Waals surface area contributed by atoms with Crippen LogP contribution in [0.3, 0.4) is 0 Å². The smallest absolute Gasteiger partial charge is 0.288 e. The molecular formula is C29H41NO9. The van der Waals surface area contributed by atoms with Crippen LogP contribution in [0, 0.1) is 5.92 Å². The quantitative estimate of drug-likeness (QED) is 0.559. The fourth-order valence-electron chi connectivity index (χ4n) is 4.95. The summed E-state index contributed by atoms with van der Waals surface area (Å²) in [5, 5.41) is 10.6. The van der Waals surface area contributed by atoms with E-state index in [1.165, 1.54) is 0 Å². The zero-order valence-corrected chi connectivity index (χ0v) is 22.8. The van der Waals surface area contributed by atoms with Crippen LogP contribution in [0.25, 0.3) is 11.0 Å². The van der Waals surface area contributed by atoms with E-state index in [1.54, 1.807) is 11.2 Å². The van der Waals surface area contributed by atoms with Gasteiger partial charge in [-0.2, -0.15) is 0 Å². The van der Waals surface area contributed by atoms with Gasteiger partial charge in [-0.25, -0.2) is 0 Å². The van der Waals surface area contributed by atoms with E-state index in [0.29, 0.717) is 85.4 Å². The van der Waals surface area contributed by atoms with Gasteiger partial charge in [-0.15, -0.1) is 0 Å². The molecule has 2 aliphatic heterocycles. The molecule has 0 aliphatic carbocycles. The van der Waals surface area contributed by atoms with E-state index < -0.39 is 6.29 Å². The van der Waals surface area contributed by atoms with E-state index in [0.717, 1.165) is 16.5 Å². The van der Waals surface area contributed by atoms with E-state index in [9.17, 15) is 9.90 Å². The number of aliphatic hydroxyl groups is 1. The fraction of sp³-hybridized carbons (Fsp3) is 0.621. The molecule has 1 fully saturated rings. The van der Waals surface area contributed by atoms with Crippen molar-refractivity contribution >= 4 is 16.9 Å². The van der Waals surface area contributed by atoms with E-state index in [4.69, 9.17) is 32.8 Å². The molecule has 1 aromatic carbocycles. The summed E-state index contributed by atoms with van der Waals surface area (Å²) >= 11 is 0. The van der Waals surface area contributed by atoms with Gasteiger partial charge in [-0.3, -0.25) is 4.79 Å². The highest BCUT2D eigenvalue weighted by Gasteiger charge is 2.40. The predicted molar refractivity (Wildman–Crippen MR) is 143 cm³/mol. The maximum atomic E-state index is 13.9. The molecule has 2 aromatic rings. The number of hydrogen-bond acceptors (Lipinski definition) is 9. The van der Waals surface area contributed by atoms with Gasteiger partial charge in [-0.05, 0) is 31.9 Å². The van der Waals surface area contributed by atoms with E-state index >= 15 is 0 Å². The first-order valence-corrected chi connectivity index (χ1v) is 13.9. The lowest BCUT2D eigenvalue weighted by molar-refractivity contribution is -0.170. The third kappa shape index (κ3) is 8.26. The summed E-state index contributed by atoms with van der Waals surface area (Å²) in [4.78, 5) is 15.5. The molecule has 10 heteroatoms. The number of rotatable bonds is 7. The zero-order chi connectivity index (χ0) is 27.3. The number of benzene rings is 1. The lowest BCUT2D eigenvalue weighted by atomic mass is 9.80. The monoisotopic (exact) mass is 547 g/mol. The SMILES string of the molecule is CCOC1OC(C(=O)N2CCOCCOCCOCCOCC2)=CC(c2coc3ccccc23)C1CCCO. The summed E-state index contributed by atoms with van der Waals surface area (Å²) in [5.41, 5.74) is 1.75. The highest BCUT2D eigenvalue weighted by Crippen LogP contribution is 2.42. The van der Waals surface area contributed by atoms with Crippen molar-refractivity contribution in [3.63, 3.8) is 0 Å². The van der Waals surface area contributed by atoms with Crippen LogP contribution < -0.4 is 0 Å². The third-order valence-electron chi connectivity index (χ3n) is 6.91. The van der Waals surface area contributed by atoms with Crippen LogP contribution in [0.5, 0.6) is 0 Å². The van der Waals surface area contributed by atoms with Crippen LogP contribution in [0.15, 0.2) is 46.8 Å². The first kappa shape index (κ1) is 29.5. The number of carbonyl (C=O) groups is 1.